The lowest BCUT2D eigenvalue weighted by Crippen LogP contribution is -2.26. The summed E-state index contributed by atoms with van der Waals surface area (Å²) < 4.78 is 59.3. The van der Waals surface area contributed by atoms with Gasteiger partial charge in [0.2, 0.25) is 0 Å². The van der Waals surface area contributed by atoms with Crippen molar-refractivity contribution in [2.75, 3.05) is 11.8 Å². The van der Waals surface area contributed by atoms with Crippen LogP contribution in [0, 0.1) is 11.6 Å². The van der Waals surface area contributed by atoms with Gasteiger partial charge in [-0.3, -0.25) is 9.52 Å². The molecule has 0 heterocycles. The largest absolute Gasteiger partial charge is 0.495 e. The van der Waals surface area contributed by atoms with E-state index in [2.05, 4.69) is 10.0 Å². The van der Waals surface area contributed by atoms with Crippen LogP contribution in [0.1, 0.15) is 28.9 Å². The molecule has 3 rings (SSSR count). The highest BCUT2D eigenvalue weighted by atomic mass is 32.2. The predicted octanol–water partition coefficient (Wildman–Crippen LogP) is 4.27. The number of nitrogens with one attached hydrogen (secondary N) is 2. The zero-order valence-electron chi connectivity index (χ0n) is 16.7. The predicted molar refractivity (Wildman–Crippen MR) is 112 cm³/mol. The fraction of sp³-hybridized carbons (Fsp3) is 0.136. The van der Waals surface area contributed by atoms with E-state index in [-0.39, 0.29) is 16.1 Å². The molecule has 0 spiro atoms. The Morgan fingerprint density at radius 1 is 0.968 bits per heavy atom. The number of para-hydroxylation sites is 2. The normalized spacial score (nSPS) is 12.1. The molecule has 0 radical (unpaired) electrons. The van der Waals surface area contributed by atoms with Crippen LogP contribution in [0.2, 0.25) is 0 Å². The minimum Gasteiger partial charge on any atom is -0.495 e. The quantitative estimate of drug-likeness (QED) is 0.568. The first-order chi connectivity index (χ1) is 14.7. The van der Waals surface area contributed by atoms with Crippen LogP contribution in [0.15, 0.2) is 71.6 Å². The maximum absolute atomic E-state index is 13.4. The van der Waals surface area contributed by atoms with E-state index in [1.165, 1.54) is 37.4 Å². The van der Waals surface area contributed by atoms with E-state index in [1.54, 1.807) is 31.2 Å². The Bertz CT molecular complexity index is 1200. The van der Waals surface area contributed by atoms with E-state index in [4.69, 9.17) is 4.74 Å². The van der Waals surface area contributed by atoms with Crippen molar-refractivity contribution in [1.82, 2.24) is 5.32 Å². The van der Waals surface area contributed by atoms with Crippen LogP contribution >= 0.6 is 0 Å². The third kappa shape index (κ3) is 5.18. The van der Waals surface area contributed by atoms with Gasteiger partial charge in [0.15, 0.2) is 11.6 Å². The number of benzene rings is 3. The fourth-order valence-corrected chi connectivity index (χ4v) is 3.93. The molecule has 0 aliphatic rings. The number of halogens is 2. The summed E-state index contributed by atoms with van der Waals surface area (Å²) in [5.41, 5.74) is 0.894. The molecule has 31 heavy (non-hydrogen) atoms. The minimum absolute atomic E-state index is 0.0383. The fourth-order valence-electron chi connectivity index (χ4n) is 2.86. The van der Waals surface area contributed by atoms with Crippen molar-refractivity contribution < 1.29 is 26.7 Å². The van der Waals surface area contributed by atoms with Crippen LogP contribution in [0.3, 0.4) is 0 Å². The zero-order chi connectivity index (χ0) is 22.6. The number of methoxy groups -OCH3 is 1. The molecule has 0 aliphatic carbocycles. The summed E-state index contributed by atoms with van der Waals surface area (Å²) in [7, 11) is -2.47. The Balaban J connectivity index is 1.72. The molecule has 0 aliphatic heterocycles. The van der Waals surface area contributed by atoms with E-state index >= 15 is 0 Å². The van der Waals surface area contributed by atoms with Gasteiger partial charge in [0, 0.05) is 5.56 Å². The highest BCUT2D eigenvalue weighted by Crippen LogP contribution is 2.26. The lowest BCUT2D eigenvalue weighted by molar-refractivity contribution is 0.0939. The molecule has 162 valence electrons. The number of sulfonamides is 1. The van der Waals surface area contributed by atoms with Crippen LogP contribution in [0.4, 0.5) is 14.5 Å². The number of hydrogen-bond acceptors (Lipinski definition) is 4. The molecule has 1 atom stereocenters. The van der Waals surface area contributed by atoms with Gasteiger partial charge >= 0.3 is 0 Å². The summed E-state index contributed by atoms with van der Waals surface area (Å²) in [5.74, 6) is -2.09. The molecular weight excluding hydrogens is 426 g/mol. The number of carbonyl (C=O) groups excluding carboxylic acids is 1. The second-order valence-corrected chi connectivity index (χ2v) is 8.38. The molecule has 0 saturated heterocycles. The van der Waals surface area contributed by atoms with Crippen molar-refractivity contribution in [1.29, 1.82) is 0 Å². The van der Waals surface area contributed by atoms with Gasteiger partial charge in [-0.1, -0.05) is 18.2 Å². The summed E-state index contributed by atoms with van der Waals surface area (Å²) in [4.78, 5) is 12.4. The van der Waals surface area contributed by atoms with Gasteiger partial charge in [0.05, 0.1) is 23.7 Å². The summed E-state index contributed by atoms with van der Waals surface area (Å²) in [6.07, 6.45) is 0. The third-order valence-corrected chi connectivity index (χ3v) is 5.95. The Morgan fingerprint density at radius 3 is 2.29 bits per heavy atom. The van der Waals surface area contributed by atoms with E-state index in [9.17, 15) is 22.0 Å². The van der Waals surface area contributed by atoms with Gasteiger partial charge in [-0.25, -0.2) is 17.2 Å². The molecule has 3 aromatic rings. The number of anilines is 1. The van der Waals surface area contributed by atoms with Crippen LogP contribution in [0.5, 0.6) is 5.75 Å². The molecule has 0 bridgehead atoms. The first-order valence-corrected chi connectivity index (χ1v) is 10.7. The molecule has 9 heteroatoms. The third-order valence-electron chi connectivity index (χ3n) is 4.57. The van der Waals surface area contributed by atoms with Crippen molar-refractivity contribution in [3.05, 3.63) is 89.5 Å². The van der Waals surface area contributed by atoms with Crippen LogP contribution < -0.4 is 14.8 Å². The highest BCUT2D eigenvalue weighted by Gasteiger charge is 2.18. The lowest BCUT2D eigenvalue weighted by atomic mass is 10.1. The molecule has 3 aromatic carbocycles. The van der Waals surface area contributed by atoms with E-state index in [1.807, 2.05) is 0 Å². The van der Waals surface area contributed by atoms with Crippen molar-refractivity contribution in [2.45, 2.75) is 17.9 Å². The van der Waals surface area contributed by atoms with Crippen molar-refractivity contribution >= 4 is 21.6 Å². The number of ether oxygens (including phenoxy) is 1. The SMILES string of the molecule is COc1ccccc1NS(=O)(=O)c1ccc(C(=O)NC(C)c2ccc(F)c(F)c2)cc1. The van der Waals surface area contributed by atoms with Gasteiger partial charge in [0.1, 0.15) is 5.75 Å². The van der Waals surface area contributed by atoms with E-state index < -0.39 is 33.6 Å². The van der Waals surface area contributed by atoms with Gasteiger partial charge in [-0.05, 0) is 61.0 Å². The number of rotatable bonds is 7. The van der Waals surface area contributed by atoms with Crippen LogP contribution in [-0.4, -0.2) is 21.4 Å². The van der Waals surface area contributed by atoms with Gasteiger partial charge in [-0.15, -0.1) is 0 Å². The molecule has 0 saturated carbocycles. The second kappa shape index (κ2) is 9.13. The number of carbonyl (C=O) groups is 1. The summed E-state index contributed by atoms with van der Waals surface area (Å²) in [5, 5.41) is 2.66. The molecular formula is C22H20F2N2O4S. The Morgan fingerprint density at radius 2 is 1.65 bits per heavy atom. The average molecular weight is 446 g/mol. The first-order valence-electron chi connectivity index (χ1n) is 9.23. The highest BCUT2D eigenvalue weighted by molar-refractivity contribution is 7.92. The first kappa shape index (κ1) is 22.2. The Hall–Kier alpha value is -3.46. The Kier molecular flexibility index (Phi) is 6.55. The molecule has 1 unspecified atom stereocenters. The standard InChI is InChI=1S/C22H20F2N2O4S/c1-14(16-9-12-18(23)19(24)13-16)25-22(27)15-7-10-17(11-8-15)31(28,29)26-20-5-3-4-6-21(20)30-2/h3-14,26H,1-2H3,(H,25,27). The zero-order valence-corrected chi connectivity index (χ0v) is 17.5. The number of amides is 1. The van der Waals surface area contributed by atoms with Crippen LogP contribution in [0.25, 0.3) is 0 Å². The van der Waals surface area contributed by atoms with Gasteiger partial charge < -0.3 is 10.1 Å². The van der Waals surface area contributed by atoms with Gasteiger partial charge in [0.25, 0.3) is 15.9 Å². The maximum atomic E-state index is 13.4. The lowest BCUT2D eigenvalue weighted by Gasteiger charge is -2.15. The molecule has 0 aromatic heterocycles. The molecule has 6 nitrogen and oxygen atoms in total. The summed E-state index contributed by atoms with van der Waals surface area (Å²) in [6.45, 7) is 1.63. The second-order valence-electron chi connectivity index (χ2n) is 6.70. The molecule has 1 amide bonds. The smallest absolute Gasteiger partial charge is 0.262 e. The van der Waals surface area contributed by atoms with Crippen LogP contribution in [-0.2, 0) is 10.0 Å². The number of hydrogen-bond donors (Lipinski definition) is 2. The van der Waals surface area contributed by atoms with E-state index in [0.717, 1.165) is 12.1 Å². The molecule has 0 fully saturated rings. The topological polar surface area (TPSA) is 84.5 Å². The Labute approximate surface area is 178 Å². The van der Waals surface area contributed by atoms with Gasteiger partial charge in [-0.2, -0.15) is 0 Å². The summed E-state index contributed by atoms with van der Waals surface area (Å²) >= 11 is 0. The van der Waals surface area contributed by atoms with Crippen molar-refractivity contribution in [3.8, 4) is 5.75 Å². The minimum atomic E-state index is -3.90. The van der Waals surface area contributed by atoms with Crippen molar-refractivity contribution in [3.63, 3.8) is 0 Å². The van der Waals surface area contributed by atoms with E-state index in [0.29, 0.717) is 11.3 Å². The summed E-state index contributed by atoms with van der Waals surface area (Å²) in [6, 6.07) is 14.7. The monoisotopic (exact) mass is 446 g/mol. The van der Waals surface area contributed by atoms with Crippen molar-refractivity contribution in [2.24, 2.45) is 0 Å². The maximum Gasteiger partial charge on any atom is 0.262 e. The molecule has 2 N–H and O–H groups in total. The average Bonchev–Trinajstić information content (AvgIpc) is 2.75.